The number of nitrogens with zero attached hydrogens (tertiary/aromatic N) is 2. The molecule has 1 aromatic carbocycles. The van der Waals surface area contributed by atoms with Crippen LogP contribution < -0.4 is 5.32 Å². The zero-order valence-corrected chi connectivity index (χ0v) is 10.8. The van der Waals surface area contributed by atoms with Gasteiger partial charge in [-0.25, -0.2) is 4.98 Å². The first-order chi connectivity index (χ1) is 8.85. The van der Waals surface area contributed by atoms with Crippen LogP contribution in [0.25, 0.3) is 11.4 Å². The minimum atomic E-state index is 0.284. The number of rotatable bonds is 6. The highest BCUT2D eigenvalue weighted by Gasteiger charge is 2.10. The van der Waals surface area contributed by atoms with Crippen molar-refractivity contribution in [2.24, 2.45) is 0 Å². The molecule has 0 saturated carbocycles. The molecule has 2 rings (SSSR count). The molecule has 1 unspecified atom stereocenters. The van der Waals surface area contributed by atoms with Crippen LogP contribution in [0.15, 0.2) is 42.7 Å². The topological polar surface area (TPSA) is 39.1 Å². The molecule has 4 nitrogen and oxygen atoms in total. The molecule has 0 aliphatic carbocycles. The van der Waals surface area contributed by atoms with E-state index in [4.69, 9.17) is 4.74 Å². The minimum Gasteiger partial charge on any atom is -0.383 e. The summed E-state index contributed by atoms with van der Waals surface area (Å²) in [6.45, 7) is 1.53. The van der Waals surface area contributed by atoms with Crippen molar-refractivity contribution in [3.05, 3.63) is 42.7 Å². The van der Waals surface area contributed by atoms with Gasteiger partial charge in [0.1, 0.15) is 5.82 Å². The van der Waals surface area contributed by atoms with Gasteiger partial charge in [-0.15, -0.1) is 0 Å². The van der Waals surface area contributed by atoms with E-state index in [2.05, 4.69) is 27.0 Å². The van der Waals surface area contributed by atoms with Crippen molar-refractivity contribution in [3.63, 3.8) is 0 Å². The number of benzene rings is 1. The molecule has 0 fully saturated rings. The number of likely N-dealkylation sites (N-methyl/N-ethyl adjacent to an activating group) is 1. The number of hydrogen-bond donors (Lipinski definition) is 1. The van der Waals surface area contributed by atoms with E-state index in [9.17, 15) is 0 Å². The first kappa shape index (κ1) is 12.8. The Morgan fingerprint density at radius 3 is 2.78 bits per heavy atom. The fraction of sp³-hybridized carbons (Fsp3) is 0.357. The van der Waals surface area contributed by atoms with Crippen LogP contribution in [0.4, 0.5) is 0 Å². The van der Waals surface area contributed by atoms with Crippen molar-refractivity contribution in [2.45, 2.75) is 12.6 Å². The van der Waals surface area contributed by atoms with Crippen LogP contribution in [0.3, 0.4) is 0 Å². The van der Waals surface area contributed by atoms with E-state index in [0.717, 1.165) is 17.9 Å². The largest absolute Gasteiger partial charge is 0.383 e. The number of hydrogen-bond acceptors (Lipinski definition) is 3. The Labute approximate surface area is 108 Å². The maximum Gasteiger partial charge on any atom is 0.139 e. The van der Waals surface area contributed by atoms with Crippen LogP contribution in [-0.4, -0.2) is 36.4 Å². The normalized spacial score (nSPS) is 12.6. The van der Waals surface area contributed by atoms with Crippen LogP contribution in [0.2, 0.25) is 0 Å². The molecule has 0 aliphatic rings. The molecule has 2 aromatic rings. The van der Waals surface area contributed by atoms with Gasteiger partial charge in [0.15, 0.2) is 0 Å². The Hall–Kier alpha value is -1.65. The average Bonchev–Trinajstić information content (AvgIpc) is 2.87. The van der Waals surface area contributed by atoms with Crippen LogP contribution in [0, 0.1) is 0 Å². The first-order valence-corrected chi connectivity index (χ1v) is 6.08. The zero-order chi connectivity index (χ0) is 12.8. The molecule has 0 saturated heterocycles. The highest BCUT2D eigenvalue weighted by Crippen LogP contribution is 2.16. The highest BCUT2D eigenvalue weighted by molar-refractivity contribution is 5.55. The second-order valence-corrected chi connectivity index (χ2v) is 4.21. The quantitative estimate of drug-likeness (QED) is 0.843. The molecular formula is C14H19N3O. The van der Waals surface area contributed by atoms with Crippen LogP contribution in [-0.2, 0) is 11.3 Å². The smallest absolute Gasteiger partial charge is 0.139 e. The van der Waals surface area contributed by atoms with Gasteiger partial charge in [0.2, 0.25) is 0 Å². The Bertz CT molecular complexity index is 467. The minimum absolute atomic E-state index is 0.284. The number of ether oxygens (including phenoxy) is 1. The number of methoxy groups -OCH3 is 1. The summed E-state index contributed by atoms with van der Waals surface area (Å²) >= 11 is 0. The van der Waals surface area contributed by atoms with Gasteiger partial charge in [-0.3, -0.25) is 0 Å². The molecule has 18 heavy (non-hydrogen) atoms. The maximum absolute atomic E-state index is 5.19. The fourth-order valence-corrected chi connectivity index (χ4v) is 1.97. The van der Waals surface area contributed by atoms with E-state index >= 15 is 0 Å². The van der Waals surface area contributed by atoms with Gasteiger partial charge in [0.05, 0.1) is 6.61 Å². The van der Waals surface area contributed by atoms with Crippen LogP contribution >= 0.6 is 0 Å². The molecule has 0 aliphatic heterocycles. The van der Waals surface area contributed by atoms with Gasteiger partial charge in [-0.2, -0.15) is 0 Å². The predicted octanol–water partition coefficient (Wildman–Crippen LogP) is 1.78. The standard InChI is InChI=1S/C14H19N3O/c1-15-13(11-18-2)10-17-9-8-16-14(17)12-6-4-3-5-7-12/h3-9,13,15H,10-11H2,1-2H3. The van der Waals surface area contributed by atoms with Crippen molar-refractivity contribution in [3.8, 4) is 11.4 Å². The lowest BCUT2D eigenvalue weighted by Gasteiger charge is -2.17. The lowest BCUT2D eigenvalue weighted by molar-refractivity contribution is 0.162. The number of nitrogens with one attached hydrogen (secondary N) is 1. The summed E-state index contributed by atoms with van der Waals surface area (Å²) in [5, 5.41) is 3.25. The van der Waals surface area contributed by atoms with Crippen molar-refractivity contribution < 1.29 is 4.74 Å². The van der Waals surface area contributed by atoms with Gasteiger partial charge in [0.25, 0.3) is 0 Å². The summed E-state index contributed by atoms with van der Waals surface area (Å²) in [5.74, 6) is 0.993. The molecule has 0 spiro atoms. The van der Waals surface area contributed by atoms with E-state index in [0.29, 0.717) is 6.61 Å². The first-order valence-electron chi connectivity index (χ1n) is 6.08. The predicted molar refractivity (Wildman–Crippen MR) is 72.4 cm³/mol. The van der Waals surface area contributed by atoms with Crippen molar-refractivity contribution in [1.29, 1.82) is 0 Å². The van der Waals surface area contributed by atoms with Gasteiger partial charge >= 0.3 is 0 Å². The molecule has 1 atom stereocenters. The van der Waals surface area contributed by atoms with E-state index in [-0.39, 0.29) is 6.04 Å². The molecule has 1 heterocycles. The van der Waals surface area contributed by atoms with Gasteiger partial charge in [-0.05, 0) is 7.05 Å². The molecule has 0 bridgehead atoms. The summed E-state index contributed by atoms with van der Waals surface area (Å²) in [6.07, 6.45) is 3.84. The molecule has 1 aromatic heterocycles. The summed E-state index contributed by atoms with van der Waals surface area (Å²) in [7, 11) is 3.67. The lowest BCUT2D eigenvalue weighted by Crippen LogP contribution is -2.34. The monoisotopic (exact) mass is 245 g/mol. The SMILES string of the molecule is CNC(COC)Cn1ccnc1-c1ccccc1. The van der Waals surface area contributed by atoms with Crippen LogP contribution in [0.5, 0.6) is 0 Å². The number of imidazole rings is 1. The molecule has 0 amide bonds. The van der Waals surface area contributed by atoms with Crippen LogP contribution in [0.1, 0.15) is 0 Å². The number of aromatic nitrogens is 2. The highest BCUT2D eigenvalue weighted by atomic mass is 16.5. The second kappa shape index (κ2) is 6.33. The van der Waals surface area contributed by atoms with E-state index < -0.39 is 0 Å². The van der Waals surface area contributed by atoms with E-state index in [1.165, 1.54) is 0 Å². The third kappa shape index (κ3) is 2.97. The van der Waals surface area contributed by atoms with Crippen molar-refractivity contribution in [1.82, 2.24) is 14.9 Å². The van der Waals surface area contributed by atoms with Gasteiger partial charge in [-0.1, -0.05) is 30.3 Å². The molecule has 96 valence electrons. The van der Waals surface area contributed by atoms with E-state index in [1.807, 2.05) is 37.6 Å². The van der Waals surface area contributed by atoms with E-state index in [1.54, 1.807) is 7.11 Å². The Morgan fingerprint density at radius 2 is 2.11 bits per heavy atom. The third-order valence-corrected chi connectivity index (χ3v) is 2.94. The summed E-state index contributed by atoms with van der Waals surface area (Å²) in [4.78, 5) is 4.43. The lowest BCUT2D eigenvalue weighted by atomic mass is 10.2. The van der Waals surface area contributed by atoms with Gasteiger partial charge in [0, 0.05) is 37.7 Å². The molecule has 0 radical (unpaired) electrons. The maximum atomic E-state index is 5.19. The average molecular weight is 245 g/mol. The Kier molecular flexibility index (Phi) is 4.50. The van der Waals surface area contributed by atoms with Gasteiger partial charge < -0.3 is 14.6 Å². The van der Waals surface area contributed by atoms with Crippen molar-refractivity contribution in [2.75, 3.05) is 20.8 Å². The molecular weight excluding hydrogens is 226 g/mol. The summed E-state index contributed by atoms with van der Waals surface area (Å²) in [5.41, 5.74) is 1.13. The zero-order valence-electron chi connectivity index (χ0n) is 10.8. The fourth-order valence-electron chi connectivity index (χ4n) is 1.97. The molecule has 1 N–H and O–H groups in total. The third-order valence-electron chi connectivity index (χ3n) is 2.94. The summed E-state index contributed by atoms with van der Waals surface area (Å²) < 4.78 is 7.34. The Balaban J connectivity index is 2.18. The Morgan fingerprint density at radius 1 is 1.33 bits per heavy atom. The summed E-state index contributed by atoms with van der Waals surface area (Å²) in [6, 6.07) is 10.5. The second-order valence-electron chi connectivity index (χ2n) is 4.21. The van der Waals surface area contributed by atoms with Crippen molar-refractivity contribution >= 4 is 0 Å². The molecule has 4 heteroatoms.